The highest BCUT2D eigenvalue weighted by atomic mass is 19.1. The highest BCUT2D eigenvalue weighted by molar-refractivity contribution is 5.86. The second-order valence-electron chi connectivity index (χ2n) is 10.0. The normalized spacial score (nSPS) is 10.5. The summed E-state index contributed by atoms with van der Waals surface area (Å²) in [6.07, 6.45) is 11.0. The van der Waals surface area contributed by atoms with Gasteiger partial charge in [0.25, 0.3) is 0 Å². The summed E-state index contributed by atoms with van der Waals surface area (Å²) in [5, 5.41) is 1.40. The molecule has 0 heterocycles. The lowest BCUT2D eigenvalue weighted by Crippen LogP contribution is -1.88. The molecular formula is C37H37F. The average molecular weight is 501 g/mol. The SMILES string of the molecule is CCCCCCc1ccc(C#Cc2ccc3c(F)c(C#Cc4ccc(CCCCC)cc4)ccc3c2)cc1. The summed E-state index contributed by atoms with van der Waals surface area (Å²) in [6.45, 7) is 4.45. The summed E-state index contributed by atoms with van der Waals surface area (Å²) in [7, 11) is 0. The predicted octanol–water partition coefficient (Wildman–Crippen LogP) is 9.63. The zero-order valence-electron chi connectivity index (χ0n) is 22.7. The summed E-state index contributed by atoms with van der Waals surface area (Å²) in [5.74, 6) is 12.3. The number of hydrogen-bond donors (Lipinski definition) is 0. The Labute approximate surface area is 228 Å². The van der Waals surface area contributed by atoms with Gasteiger partial charge < -0.3 is 0 Å². The predicted molar refractivity (Wildman–Crippen MR) is 160 cm³/mol. The van der Waals surface area contributed by atoms with Gasteiger partial charge in [0.2, 0.25) is 0 Å². The van der Waals surface area contributed by atoms with Gasteiger partial charge in [-0.15, -0.1) is 0 Å². The minimum Gasteiger partial charge on any atom is -0.205 e. The van der Waals surface area contributed by atoms with Crippen LogP contribution in [0.2, 0.25) is 0 Å². The van der Waals surface area contributed by atoms with Crippen LogP contribution in [0.1, 0.15) is 92.2 Å². The molecular weight excluding hydrogens is 463 g/mol. The Hall–Kier alpha value is -3.81. The molecule has 0 saturated heterocycles. The van der Waals surface area contributed by atoms with E-state index in [2.05, 4.69) is 73.9 Å². The van der Waals surface area contributed by atoms with E-state index >= 15 is 4.39 Å². The van der Waals surface area contributed by atoms with E-state index < -0.39 is 0 Å². The van der Waals surface area contributed by atoms with Crippen molar-refractivity contribution in [2.75, 3.05) is 0 Å². The third-order valence-corrected chi connectivity index (χ3v) is 6.94. The first kappa shape index (κ1) is 27.2. The van der Waals surface area contributed by atoms with Crippen LogP contribution in [0, 0.1) is 29.5 Å². The third-order valence-electron chi connectivity index (χ3n) is 6.94. The average Bonchev–Trinajstić information content (AvgIpc) is 2.95. The molecule has 0 aliphatic rings. The van der Waals surface area contributed by atoms with E-state index in [1.54, 1.807) is 6.07 Å². The van der Waals surface area contributed by atoms with Crippen LogP contribution < -0.4 is 0 Å². The van der Waals surface area contributed by atoms with Crippen molar-refractivity contribution in [2.45, 2.75) is 71.6 Å². The number of fused-ring (bicyclic) bond motifs is 1. The van der Waals surface area contributed by atoms with Gasteiger partial charge >= 0.3 is 0 Å². The van der Waals surface area contributed by atoms with Crippen molar-refractivity contribution >= 4 is 10.8 Å². The van der Waals surface area contributed by atoms with Gasteiger partial charge in [-0.25, -0.2) is 4.39 Å². The molecule has 4 rings (SSSR count). The van der Waals surface area contributed by atoms with E-state index in [9.17, 15) is 0 Å². The quantitative estimate of drug-likeness (QED) is 0.158. The Morgan fingerprint density at radius 2 is 1.05 bits per heavy atom. The molecule has 4 aromatic carbocycles. The van der Waals surface area contributed by atoms with Gasteiger partial charge in [0.15, 0.2) is 0 Å². The first-order chi connectivity index (χ1) is 18.7. The number of aryl methyl sites for hydroxylation is 2. The molecule has 38 heavy (non-hydrogen) atoms. The van der Waals surface area contributed by atoms with Crippen LogP contribution in [0.15, 0.2) is 78.9 Å². The Morgan fingerprint density at radius 3 is 1.68 bits per heavy atom. The summed E-state index contributed by atoms with van der Waals surface area (Å²) in [4.78, 5) is 0. The highest BCUT2D eigenvalue weighted by Gasteiger charge is 2.06. The molecule has 0 saturated carbocycles. The van der Waals surface area contributed by atoms with Gasteiger partial charge in [-0.1, -0.05) is 106 Å². The van der Waals surface area contributed by atoms with Gasteiger partial charge in [-0.2, -0.15) is 0 Å². The first-order valence-electron chi connectivity index (χ1n) is 14.1. The Balaban J connectivity index is 1.42. The lowest BCUT2D eigenvalue weighted by atomic mass is 10.0. The maximum absolute atomic E-state index is 15.2. The zero-order chi connectivity index (χ0) is 26.6. The number of hydrogen-bond acceptors (Lipinski definition) is 0. The molecule has 0 spiro atoms. The summed E-state index contributed by atoms with van der Waals surface area (Å²) in [6, 6.07) is 26.2. The molecule has 0 aromatic heterocycles. The minimum atomic E-state index is -0.278. The largest absolute Gasteiger partial charge is 0.205 e. The molecule has 0 fully saturated rings. The second kappa shape index (κ2) is 14.2. The van der Waals surface area contributed by atoms with Crippen LogP contribution >= 0.6 is 0 Å². The van der Waals surface area contributed by atoms with Crippen molar-refractivity contribution in [3.8, 4) is 23.7 Å². The van der Waals surface area contributed by atoms with Gasteiger partial charge in [-0.05, 0) is 84.7 Å². The van der Waals surface area contributed by atoms with Crippen LogP contribution in [0.3, 0.4) is 0 Å². The summed E-state index contributed by atoms with van der Waals surface area (Å²) in [5.41, 5.74) is 5.88. The third kappa shape index (κ3) is 7.84. The first-order valence-corrected chi connectivity index (χ1v) is 14.1. The van der Waals surface area contributed by atoms with E-state index in [4.69, 9.17) is 0 Å². The summed E-state index contributed by atoms with van der Waals surface area (Å²) >= 11 is 0. The standard InChI is InChI=1S/C37H37F/c1-3-5-7-9-11-30-12-16-31(17-13-30)20-21-33-23-27-36-35(28-33)26-25-34(37(36)38)24-22-32-18-14-29(15-19-32)10-8-6-4-2/h12-19,23,25-28H,3-11H2,1-2H3. The maximum atomic E-state index is 15.2. The van der Waals surface area contributed by atoms with Crippen molar-refractivity contribution in [3.05, 3.63) is 118 Å². The zero-order valence-corrected chi connectivity index (χ0v) is 22.7. The van der Waals surface area contributed by atoms with Crippen molar-refractivity contribution in [2.24, 2.45) is 0 Å². The molecule has 0 N–H and O–H groups in total. The van der Waals surface area contributed by atoms with Crippen molar-refractivity contribution < 1.29 is 4.39 Å². The molecule has 192 valence electrons. The van der Waals surface area contributed by atoms with Gasteiger partial charge in [0.05, 0.1) is 5.56 Å². The van der Waals surface area contributed by atoms with Crippen molar-refractivity contribution in [1.82, 2.24) is 0 Å². The van der Waals surface area contributed by atoms with Crippen LogP contribution in [0.25, 0.3) is 10.8 Å². The fourth-order valence-corrected chi connectivity index (χ4v) is 4.59. The fraction of sp³-hybridized carbons (Fsp3) is 0.297. The monoisotopic (exact) mass is 500 g/mol. The highest BCUT2D eigenvalue weighted by Crippen LogP contribution is 2.22. The molecule has 0 radical (unpaired) electrons. The van der Waals surface area contributed by atoms with Crippen LogP contribution in [-0.2, 0) is 12.8 Å². The lowest BCUT2D eigenvalue weighted by Gasteiger charge is -2.03. The molecule has 0 atom stereocenters. The number of unbranched alkanes of at least 4 members (excludes halogenated alkanes) is 5. The number of rotatable bonds is 9. The smallest absolute Gasteiger partial charge is 0.146 e. The second-order valence-corrected chi connectivity index (χ2v) is 10.0. The van der Waals surface area contributed by atoms with Crippen LogP contribution in [0.4, 0.5) is 4.39 Å². The van der Waals surface area contributed by atoms with Gasteiger partial charge in [0, 0.05) is 22.1 Å². The minimum absolute atomic E-state index is 0.278. The molecule has 4 aromatic rings. The van der Waals surface area contributed by atoms with E-state index in [1.807, 2.05) is 36.4 Å². The Morgan fingerprint density at radius 1 is 0.526 bits per heavy atom. The molecule has 0 unspecified atom stereocenters. The molecule has 0 amide bonds. The Kier molecular flexibility index (Phi) is 10.2. The van der Waals surface area contributed by atoms with E-state index in [0.29, 0.717) is 10.9 Å². The molecule has 0 aliphatic heterocycles. The topological polar surface area (TPSA) is 0 Å². The van der Waals surface area contributed by atoms with Crippen LogP contribution in [-0.4, -0.2) is 0 Å². The lowest BCUT2D eigenvalue weighted by molar-refractivity contribution is 0.636. The van der Waals surface area contributed by atoms with Crippen LogP contribution in [0.5, 0.6) is 0 Å². The molecule has 0 bridgehead atoms. The van der Waals surface area contributed by atoms with Crippen molar-refractivity contribution in [1.29, 1.82) is 0 Å². The maximum Gasteiger partial charge on any atom is 0.146 e. The van der Waals surface area contributed by atoms with Gasteiger partial charge in [0.1, 0.15) is 5.82 Å². The molecule has 0 nitrogen and oxygen atoms in total. The van der Waals surface area contributed by atoms with E-state index in [-0.39, 0.29) is 5.82 Å². The molecule has 1 heteroatoms. The Bertz CT molecular complexity index is 1450. The molecule has 0 aliphatic carbocycles. The van der Waals surface area contributed by atoms with Crippen molar-refractivity contribution in [3.63, 3.8) is 0 Å². The summed E-state index contributed by atoms with van der Waals surface area (Å²) < 4.78 is 15.2. The van der Waals surface area contributed by atoms with E-state index in [1.165, 1.54) is 56.1 Å². The van der Waals surface area contributed by atoms with Gasteiger partial charge in [-0.3, -0.25) is 0 Å². The van der Waals surface area contributed by atoms with E-state index in [0.717, 1.165) is 34.9 Å². The number of halogens is 1. The number of benzene rings is 4. The fourth-order valence-electron chi connectivity index (χ4n) is 4.59.